The molecule has 0 bridgehead atoms. The summed E-state index contributed by atoms with van der Waals surface area (Å²) in [4.78, 5) is 19.4. The first kappa shape index (κ1) is 22.8. The fraction of sp³-hybridized carbons (Fsp3) is 0.385. The molecule has 3 aromatic rings. The zero-order valence-electron chi connectivity index (χ0n) is 19.1. The average molecular weight is 419 g/mol. The third-order valence-electron chi connectivity index (χ3n) is 5.78. The molecule has 3 rings (SSSR count). The number of benzene rings is 2. The summed E-state index contributed by atoms with van der Waals surface area (Å²) in [7, 11) is 0. The van der Waals surface area contributed by atoms with Crippen LogP contribution in [-0.2, 0) is 6.54 Å². The van der Waals surface area contributed by atoms with E-state index in [1.54, 1.807) is 12.5 Å². The van der Waals surface area contributed by atoms with Gasteiger partial charge in [0.25, 0.3) is 5.91 Å². The zero-order chi connectivity index (χ0) is 22.2. The van der Waals surface area contributed by atoms with Gasteiger partial charge in [0.1, 0.15) is 0 Å². The van der Waals surface area contributed by atoms with E-state index in [0.717, 1.165) is 41.9 Å². The Morgan fingerprint density at radius 2 is 1.77 bits per heavy atom. The number of hydrogen-bond acceptors (Lipinski definition) is 3. The van der Waals surface area contributed by atoms with Gasteiger partial charge in [-0.15, -0.1) is 0 Å². The maximum atomic E-state index is 13.0. The first-order valence-corrected chi connectivity index (χ1v) is 11.2. The number of hydrogen-bond donors (Lipinski definition) is 1. The van der Waals surface area contributed by atoms with Crippen molar-refractivity contribution in [2.75, 3.05) is 26.2 Å². The molecule has 5 heteroatoms. The van der Waals surface area contributed by atoms with Gasteiger partial charge in [-0.2, -0.15) is 0 Å². The highest BCUT2D eigenvalue weighted by Gasteiger charge is 2.14. The Morgan fingerprint density at radius 3 is 2.39 bits per heavy atom. The van der Waals surface area contributed by atoms with Gasteiger partial charge in [-0.1, -0.05) is 58.0 Å². The molecule has 0 aliphatic heterocycles. The molecule has 1 aromatic heterocycles. The standard InChI is InChI=1S/C26H34N4O/c1-5-29(6-2)16-14-28-26(31)25-12-11-23(17-24(25)18-30-15-13-27-19-30)22-9-7-21(8-10-22)20(3)4/h7-13,15,17,19-20H,5-6,14,16,18H2,1-4H3,(H,28,31). The molecule has 31 heavy (non-hydrogen) atoms. The summed E-state index contributed by atoms with van der Waals surface area (Å²) in [6.45, 7) is 12.8. The van der Waals surface area contributed by atoms with Crippen LogP contribution in [0.25, 0.3) is 11.1 Å². The van der Waals surface area contributed by atoms with Gasteiger partial charge in [0.15, 0.2) is 0 Å². The molecule has 0 unspecified atom stereocenters. The SMILES string of the molecule is CCN(CC)CCNC(=O)c1ccc(-c2ccc(C(C)C)cc2)cc1Cn1ccnc1. The molecule has 0 aliphatic carbocycles. The minimum atomic E-state index is -0.0241. The van der Waals surface area contributed by atoms with E-state index < -0.39 is 0 Å². The third-order valence-corrected chi connectivity index (χ3v) is 5.78. The number of rotatable bonds is 10. The van der Waals surface area contributed by atoms with Gasteiger partial charge in [-0.05, 0) is 53.4 Å². The summed E-state index contributed by atoms with van der Waals surface area (Å²) >= 11 is 0. The van der Waals surface area contributed by atoms with Crippen molar-refractivity contribution in [1.82, 2.24) is 19.8 Å². The first-order valence-electron chi connectivity index (χ1n) is 11.2. The first-order chi connectivity index (χ1) is 15.0. The van der Waals surface area contributed by atoms with Crippen molar-refractivity contribution in [1.29, 1.82) is 0 Å². The summed E-state index contributed by atoms with van der Waals surface area (Å²) in [5.74, 6) is 0.484. The number of imidazole rings is 1. The van der Waals surface area contributed by atoms with Crippen LogP contribution < -0.4 is 5.32 Å². The second-order valence-electron chi connectivity index (χ2n) is 8.17. The number of amides is 1. The summed E-state index contributed by atoms with van der Waals surface area (Å²) in [6, 6.07) is 14.8. The molecule has 1 heterocycles. The lowest BCUT2D eigenvalue weighted by atomic mass is 9.96. The fourth-order valence-corrected chi connectivity index (χ4v) is 3.73. The number of carbonyl (C=O) groups excluding carboxylic acids is 1. The Labute approximate surface area is 186 Å². The fourth-order valence-electron chi connectivity index (χ4n) is 3.73. The number of aromatic nitrogens is 2. The summed E-state index contributed by atoms with van der Waals surface area (Å²) in [5.41, 5.74) is 5.31. The molecule has 5 nitrogen and oxygen atoms in total. The topological polar surface area (TPSA) is 50.2 Å². The largest absolute Gasteiger partial charge is 0.351 e. The van der Waals surface area contributed by atoms with Crippen molar-refractivity contribution < 1.29 is 4.79 Å². The van der Waals surface area contributed by atoms with Gasteiger partial charge in [-0.25, -0.2) is 4.98 Å². The molecule has 0 saturated heterocycles. The van der Waals surface area contributed by atoms with E-state index in [1.807, 2.05) is 22.9 Å². The Balaban J connectivity index is 1.83. The maximum absolute atomic E-state index is 13.0. The van der Waals surface area contributed by atoms with Gasteiger partial charge < -0.3 is 14.8 Å². The molecule has 1 amide bonds. The predicted octanol–water partition coefficient (Wildman–Crippen LogP) is 4.79. The Morgan fingerprint density at radius 1 is 1.06 bits per heavy atom. The highest BCUT2D eigenvalue weighted by Crippen LogP contribution is 2.25. The predicted molar refractivity (Wildman–Crippen MR) is 127 cm³/mol. The lowest BCUT2D eigenvalue weighted by Gasteiger charge is -2.18. The van der Waals surface area contributed by atoms with Crippen LogP contribution in [0.1, 0.15) is 55.1 Å². The number of likely N-dealkylation sites (N-methyl/N-ethyl adjacent to an activating group) is 1. The lowest BCUT2D eigenvalue weighted by molar-refractivity contribution is 0.0948. The van der Waals surface area contributed by atoms with Crippen LogP contribution in [0.2, 0.25) is 0 Å². The van der Waals surface area contributed by atoms with Crippen LogP contribution in [0.3, 0.4) is 0 Å². The van der Waals surface area contributed by atoms with E-state index >= 15 is 0 Å². The van der Waals surface area contributed by atoms with Crippen LogP contribution in [0.15, 0.2) is 61.2 Å². The van der Waals surface area contributed by atoms with Crippen molar-refractivity contribution in [2.24, 2.45) is 0 Å². The Hall–Kier alpha value is -2.92. The van der Waals surface area contributed by atoms with Crippen molar-refractivity contribution >= 4 is 5.91 Å². The number of nitrogens with zero attached hydrogens (tertiary/aromatic N) is 3. The summed E-state index contributed by atoms with van der Waals surface area (Å²) in [6.07, 6.45) is 5.47. The molecule has 164 valence electrons. The molecule has 0 spiro atoms. The van der Waals surface area contributed by atoms with Crippen molar-refractivity contribution in [2.45, 2.75) is 40.2 Å². The molecule has 0 fully saturated rings. The van der Waals surface area contributed by atoms with Crippen molar-refractivity contribution in [3.63, 3.8) is 0 Å². The van der Waals surface area contributed by atoms with Crippen LogP contribution in [0, 0.1) is 0 Å². The van der Waals surface area contributed by atoms with Gasteiger partial charge in [-0.3, -0.25) is 4.79 Å². The average Bonchev–Trinajstić information content (AvgIpc) is 3.29. The quantitative estimate of drug-likeness (QED) is 0.515. The van der Waals surface area contributed by atoms with E-state index in [2.05, 4.69) is 73.2 Å². The van der Waals surface area contributed by atoms with Gasteiger partial charge in [0, 0.05) is 37.6 Å². The van der Waals surface area contributed by atoms with Gasteiger partial charge in [0.2, 0.25) is 0 Å². The second kappa shape index (κ2) is 10.9. The van der Waals surface area contributed by atoms with Crippen LogP contribution in [0.5, 0.6) is 0 Å². The maximum Gasteiger partial charge on any atom is 0.251 e. The molecule has 2 aromatic carbocycles. The minimum absolute atomic E-state index is 0.0241. The molecular formula is C26H34N4O. The van der Waals surface area contributed by atoms with E-state index in [0.29, 0.717) is 19.0 Å². The minimum Gasteiger partial charge on any atom is -0.351 e. The zero-order valence-corrected chi connectivity index (χ0v) is 19.1. The van der Waals surface area contributed by atoms with Crippen LogP contribution in [-0.4, -0.2) is 46.5 Å². The smallest absolute Gasteiger partial charge is 0.251 e. The molecule has 0 radical (unpaired) electrons. The van der Waals surface area contributed by atoms with E-state index in [4.69, 9.17) is 0 Å². The van der Waals surface area contributed by atoms with Crippen LogP contribution >= 0.6 is 0 Å². The third kappa shape index (κ3) is 6.05. The Bertz CT molecular complexity index is 958. The Kier molecular flexibility index (Phi) is 8.01. The normalized spacial score (nSPS) is 11.3. The van der Waals surface area contributed by atoms with E-state index in [1.165, 1.54) is 5.56 Å². The molecule has 0 aliphatic rings. The van der Waals surface area contributed by atoms with Crippen LogP contribution in [0.4, 0.5) is 0 Å². The second-order valence-corrected chi connectivity index (χ2v) is 8.17. The molecule has 1 N–H and O–H groups in total. The monoisotopic (exact) mass is 418 g/mol. The van der Waals surface area contributed by atoms with E-state index in [-0.39, 0.29) is 5.91 Å². The van der Waals surface area contributed by atoms with Crippen molar-refractivity contribution in [3.8, 4) is 11.1 Å². The van der Waals surface area contributed by atoms with Gasteiger partial charge >= 0.3 is 0 Å². The van der Waals surface area contributed by atoms with Crippen molar-refractivity contribution in [3.05, 3.63) is 77.9 Å². The van der Waals surface area contributed by atoms with E-state index in [9.17, 15) is 4.79 Å². The highest BCUT2D eigenvalue weighted by molar-refractivity contribution is 5.96. The van der Waals surface area contributed by atoms with Gasteiger partial charge in [0.05, 0.1) is 6.33 Å². The lowest BCUT2D eigenvalue weighted by Crippen LogP contribution is -2.35. The number of carbonyl (C=O) groups is 1. The molecular weight excluding hydrogens is 384 g/mol. The summed E-state index contributed by atoms with van der Waals surface area (Å²) in [5, 5.41) is 3.09. The molecule has 0 atom stereocenters. The number of nitrogens with one attached hydrogen (secondary N) is 1. The summed E-state index contributed by atoms with van der Waals surface area (Å²) < 4.78 is 1.99. The highest BCUT2D eigenvalue weighted by atomic mass is 16.1. The molecule has 0 saturated carbocycles.